The molecule has 1 aliphatic heterocycles. The van der Waals surface area contributed by atoms with Gasteiger partial charge in [0.25, 0.3) is 0 Å². The first-order valence-electron chi connectivity index (χ1n) is 6.92. The number of aryl methyl sites for hydroxylation is 2. The van der Waals surface area contributed by atoms with Gasteiger partial charge in [-0.2, -0.15) is 0 Å². The van der Waals surface area contributed by atoms with Crippen molar-refractivity contribution in [2.24, 2.45) is 11.1 Å². The van der Waals surface area contributed by atoms with Gasteiger partial charge in [0.15, 0.2) is 0 Å². The molecule has 0 bridgehead atoms. The summed E-state index contributed by atoms with van der Waals surface area (Å²) >= 11 is 0. The summed E-state index contributed by atoms with van der Waals surface area (Å²) in [5.74, 6) is 0. The van der Waals surface area contributed by atoms with Crippen molar-refractivity contribution in [2.75, 3.05) is 13.1 Å². The maximum atomic E-state index is 6.19. The lowest BCUT2D eigenvalue weighted by Crippen LogP contribution is -2.52. The van der Waals surface area contributed by atoms with Crippen molar-refractivity contribution in [1.82, 2.24) is 4.90 Å². The second-order valence-corrected chi connectivity index (χ2v) is 6.51. The molecule has 1 atom stereocenters. The first kappa shape index (κ1) is 16.5. The highest BCUT2D eigenvalue weighted by Crippen LogP contribution is 2.28. The number of piperidine rings is 1. The van der Waals surface area contributed by atoms with Crippen LogP contribution in [0.15, 0.2) is 18.2 Å². The van der Waals surface area contributed by atoms with Crippen molar-refractivity contribution < 1.29 is 0 Å². The van der Waals surface area contributed by atoms with E-state index in [4.69, 9.17) is 5.73 Å². The van der Waals surface area contributed by atoms with Crippen molar-refractivity contribution in [3.05, 3.63) is 34.9 Å². The van der Waals surface area contributed by atoms with Crippen LogP contribution in [0.1, 0.15) is 37.0 Å². The molecule has 3 heteroatoms. The maximum absolute atomic E-state index is 6.19. The lowest BCUT2D eigenvalue weighted by Gasteiger charge is -2.42. The van der Waals surface area contributed by atoms with Gasteiger partial charge in [0.2, 0.25) is 0 Å². The smallest absolute Gasteiger partial charge is 0.0234 e. The number of nitrogens with two attached hydrogens (primary N) is 1. The summed E-state index contributed by atoms with van der Waals surface area (Å²) < 4.78 is 0. The first-order valence-corrected chi connectivity index (χ1v) is 6.92. The molecule has 19 heavy (non-hydrogen) atoms. The lowest BCUT2D eigenvalue weighted by atomic mass is 9.79. The van der Waals surface area contributed by atoms with Crippen molar-refractivity contribution in [3.8, 4) is 0 Å². The molecular weight excluding hydrogens is 256 g/mol. The number of hydrogen-bond donors (Lipinski definition) is 1. The molecule has 2 N–H and O–H groups in total. The quantitative estimate of drug-likeness (QED) is 0.902. The lowest BCUT2D eigenvalue weighted by molar-refractivity contribution is 0.0899. The molecule has 1 aromatic carbocycles. The van der Waals surface area contributed by atoms with Gasteiger partial charge in [0.05, 0.1) is 0 Å². The number of rotatable bonds is 2. The second kappa shape index (κ2) is 6.25. The normalized spacial score (nSPS) is 22.9. The molecule has 0 aliphatic carbocycles. The van der Waals surface area contributed by atoms with Gasteiger partial charge < -0.3 is 5.73 Å². The monoisotopic (exact) mass is 282 g/mol. The van der Waals surface area contributed by atoms with Gasteiger partial charge in [0, 0.05) is 25.7 Å². The number of nitrogens with zero attached hydrogens (tertiary/aromatic N) is 1. The van der Waals surface area contributed by atoms with Crippen LogP contribution in [-0.4, -0.2) is 24.0 Å². The molecule has 1 saturated heterocycles. The van der Waals surface area contributed by atoms with Crippen LogP contribution in [0, 0.1) is 19.3 Å². The van der Waals surface area contributed by atoms with Gasteiger partial charge in [0.1, 0.15) is 0 Å². The number of halogens is 1. The molecule has 2 rings (SSSR count). The van der Waals surface area contributed by atoms with Crippen molar-refractivity contribution >= 4 is 12.4 Å². The average Bonchev–Trinajstić information content (AvgIpc) is 2.28. The van der Waals surface area contributed by atoms with Gasteiger partial charge in [-0.05, 0) is 42.4 Å². The molecule has 0 amide bonds. The zero-order valence-corrected chi connectivity index (χ0v) is 13.4. The third-order valence-corrected chi connectivity index (χ3v) is 4.37. The van der Waals surface area contributed by atoms with Gasteiger partial charge in [-0.25, -0.2) is 0 Å². The molecule has 108 valence electrons. The number of hydrogen-bond acceptors (Lipinski definition) is 2. The highest BCUT2D eigenvalue weighted by atomic mass is 35.5. The fourth-order valence-electron chi connectivity index (χ4n) is 2.78. The molecule has 1 heterocycles. The first-order chi connectivity index (χ1) is 8.38. The highest BCUT2D eigenvalue weighted by molar-refractivity contribution is 5.85. The van der Waals surface area contributed by atoms with E-state index in [2.05, 4.69) is 50.8 Å². The highest BCUT2D eigenvalue weighted by Gasteiger charge is 2.33. The van der Waals surface area contributed by atoms with Crippen molar-refractivity contribution in [2.45, 2.75) is 46.7 Å². The van der Waals surface area contributed by atoms with Crippen molar-refractivity contribution in [3.63, 3.8) is 0 Å². The predicted octanol–water partition coefficient (Wildman–Crippen LogP) is 3.28. The van der Waals surface area contributed by atoms with Gasteiger partial charge >= 0.3 is 0 Å². The Morgan fingerprint density at radius 1 is 1.26 bits per heavy atom. The van der Waals surface area contributed by atoms with Crippen LogP contribution in [0.5, 0.6) is 0 Å². The van der Waals surface area contributed by atoms with Crippen LogP contribution < -0.4 is 5.73 Å². The molecule has 0 spiro atoms. The molecule has 1 unspecified atom stereocenters. The Morgan fingerprint density at radius 3 is 2.53 bits per heavy atom. The third kappa shape index (κ3) is 3.95. The largest absolute Gasteiger partial charge is 0.327 e. The van der Waals surface area contributed by atoms with Crippen LogP contribution in [0.3, 0.4) is 0 Å². The fraction of sp³-hybridized carbons (Fsp3) is 0.625. The minimum Gasteiger partial charge on any atom is -0.327 e. The Labute approximate surface area is 123 Å². The van der Waals surface area contributed by atoms with E-state index in [9.17, 15) is 0 Å². The fourth-order valence-corrected chi connectivity index (χ4v) is 2.78. The van der Waals surface area contributed by atoms with Crippen LogP contribution in [0.25, 0.3) is 0 Å². The summed E-state index contributed by atoms with van der Waals surface area (Å²) in [6, 6.07) is 7.14. The van der Waals surface area contributed by atoms with Gasteiger partial charge in [-0.1, -0.05) is 32.0 Å². The second-order valence-electron chi connectivity index (χ2n) is 6.51. The summed E-state index contributed by atoms with van der Waals surface area (Å²) in [7, 11) is 0. The van der Waals surface area contributed by atoms with Gasteiger partial charge in [-0.3, -0.25) is 4.90 Å². The Balaban J connectivity index is 0.00000180. The molecule has 0 saturated carbocycles. The van der Waals surface area contributed by atoms with Gasteiger partial charge in [-0.15, -0.1) is 12.4 Å². The Bertz CT molecular complexity index is 429. The molecule has 1 fully saturated rings. The Kier molecular flexibility index (Phi) is 5.43. The minimum atomic E-state index is 0. The van der Waals surface area contributed by atoms with Crippen molar-refractivity contribution in [1.29, 1.82) is 0 Å². The molecule has 1 aliphatic rings. The number of benzene rings is 1. The summed E-state index contributed by atoms with van der Waals surface area (Å²) in [6.45, 7) is 12.2. The summed E-state index contributed by atoms with van der Waals surface area (Å²) in [5.41, 5.74) is 10.6. The van der Waals surface area contributed by atoms with Crippen LogP contribution in [0.2, 0.25) is 0 Å². The molecule has 1 aromatic rings. The maximum Gasteiger partial charge on any atom is 0.0234 e. The van der Waals surface area contributed by atoms with E-state index in [1.807, 2.05) is 0 Å². The zero-order valence-electron chi connectivity index (χ0n) is 12.6. The Hall–Kier alpha value is -0.570. The summed E-state index contributed by atoms with van der Waals surface area (Å²) in [4.78, 5) is 2.54. The topological polar surface area (TPSA) is 29.3 Å². The van der Waals surface area contributed by atoms with E-state index in [-0.39, 0.29) is 17.8 Å². The van der Waals surface area contributed by atoms with Crippen LogP contribution in [-0.2, 0) is 6.54 Å². The number of likely N-dealkylation sites (tertiary alicyclic amines) is 1. The summed E-state index contributed by atoms with van der Waals surface area (Å²) in [5, 5.41) is 0. The standard InChI is InChI=1S/C16H26N2.ClH/c1-12-5-6-14(9-13(12)2)10-18-8-7-15(17)16(3,4)11-18;/h5-6,9,15H,7-8,10-11,17H2,1-4H3;1H. The third-order valence-electron chi connectivity index (χ3n) is 4.37. The van der Waals surface area contributed by atoms with Crippen LogP contribution in [0.4, 0.5) is 0 Å². The zero-order chi connectivity index (χ0) is 13.3. The van der Waals surface area contributed by atoms with E-state index in [1.54, 1.807) is 0 Å². The molecule has 0 radical (unpaired) electrons. The van der Waals surface area contributed by atoms with E-state index in [0.29, 0.717) is 6.04 Å². The summed E-state index contributed by atoms with van der Waals surface area (Å²) in [6.07, 6.45) is 1.11. The molecule has 0 aromatic heterocycles. The van der Waals surface area contributed by atoms with E-state index >= 15 is 0 Å². The average molecular weight is 283 g/mol. The Morgan fingerprint density at radius 2 is 1.95 bits per heavy atom. The minimum absolute atomic E-state index is 0. The van der Waals surface area contributed by atoms with E-state index < -0.39 is 0 Å². The predicted molar refractivity (Wildman–Crippen MR) is 84.8 cm³/mol. The van der Waals surface area contributed by atoms with E-state index in [0.717, 1.165) is 26.1 Å². The molecular formula is C16H27ClN2. The molecule has 2 nitrogen and oxygen atoms in total. The van der Waals surface area contributed by atoms with E-state index in [1.165, 1.54) is 16.7 Å². The van der Waals surface area contributed by atoms with Crippen LogP contribution >= 0.6 is 12.4 Å². The SMILES string of the molecule is Cc1ccc(CN2CCC(N)C(C)(C)C2)cc1C.Cl.